The summed E-state index contributed by atoms with van der Waals surface area (Å²) in [5.74, 6) is -1.43. The van der Waals surface area contributed by atoms with E-state index in [1.54, 1.807) is 44.2 Å². The molecule has 0 saturated carbocycles. The van der Waals surface area contributed by atoms with Gasteiger partial charge in [0.15, 0.2) is 24.3 Å². The van der Waals surface area contributed by atoms with Crippen LogP contribution in [-0.2, 0) is 18.9 Å². The molecule has 0 radical (unpaired) electrons. The van der Waals surface area contributed by atoms with Crippen LogP contribution in [0.4, 0.5) is 0 Å². The van der Waals surface area contributed by atoms with Crippen LogP contribution in [0.2, 0.25) is 0 Å². The van der Waals surface area contributed by atoms with Crippen LogP contribution in [-0.4, -0.2) is 59.3 Å². The number of fused-ring (bicyclic) bond motifs is 1. The van der Waals surface area contributed by atoms with Crippen LogP contribution >= 0.6 is 0 Å². The molecule has 7 nitrogen and oxygen atoms in total. The van der Waals surface area contributed by atoms with E-state index in [0.717, 1.165) is 0 Å². The molecule has 2 N–H and O–H groups in total. The highest BCUT2D eigenvalue weighted by molar-refractivity contribution is 5.89. The highest BCUT2D eigenvalue weighted by Gasteiger charge is 2.58. The van der Waals surface area contributed by atoms with Gasteiger partial charge in [-0.05, 0) is 26.0 Å². The molecule has 2 aliphatic rings. The lowest BCUT2D eigenvalue weighted by molar-refractivity contribution is -0.227. The number of rotatable bonds is 4. The first-order valence-electron chi connectivity index (χ1n) is 7.47. The smallest absolute Gasteiger partial charge is 0.338 e. The molecule has 0 amide bonds. The molecule has 2 saturated heterocycles. The van der Waals surface area contributed by atoms with E-state index in [9.17, 15) is 15.0 Å². The lowest BCUT2D eigenvalue weighted by Crippen LogP contribution is -2.45. The first-order valence-corrected chi connectivity index (χ1v) is 7.47. The molecule has 2 heterocycles. The quantitative estimate of drug-likeness (QED) is 0.776. The van der Waals surface area contributed by atoms with E-state index >= 15 is 0 Å². The number of esters is 1. The molecule has 1 aromatic carbocycles. The Balaban J connectivity index is 1.79. The zero-order valence-corrected chi connectivity index (χ0v) is 12.9. The van der Waals surface area contributed by atoms with Crippen molar-refractivity contribution in [2.24, 2.45) is 0 Å². The zero-order valence-electron chi connectivity index (χ0n) is 12.9. The highest BCUT2D eigenvalue weighted by atomic mass is 16.8. The maximum atomic E-state index is 12.3. The normalized spacial score (nSPS) is 33.2. The lowest BCUT2D eigenvalue weighted by atomic mass is 10.1. The molecule has 7 heteroatoms. The Hall–Kier alpha value is -1.51. The van der Waals surface area contributed by atoms with Gasteiger partial charge in [-0.15, -0.1) is 0 Å². The van der Waals surface area contributed by atoms with Gasteiger partial charge in [0.2, 0.25) is 0 Å². The maximum absolute atomic E-state index is 12.3. The van der Waals surface area contributed by atoms with E-state index in [4.69, 9.17) is 18.9 Å². The second-order valence-electron chi connectivity index (χ2n) is 6.06. The number of carbonyl (C=O) groups excluding carboxylic acids is 1. The largest absolute Gasteiger partial charge is 0.453 e. The molecule has 0 aromatic heterocycles. The molecule has 2 aliphatic heterocycles. The SMILES string of the molecule is CC1(C)OC2O[C@H](C(O)CO)[C@@H](OC(=O)c3ccccc3)C2O1. The van der Waals surface area contributed by atoms with E-state index in [-0.39, 0.29) is 0 Å². The van der Waals surface area contributed by atoms with Gasteiger partial charge in [-0.2, -0.15) is 0 Å². The van der Waals surface area contributed by atoms with Crippen LogP contribution in [0.3, 0.4) is 0 Å². The fourth-order valence-electron chi connectivity index (χ4n) is 2.82. The van der Waals surface area contributed by atoms with Crippen LogP contribution in [0.15, 0.2) is 30.3 Å². The highest BCUT2D eigenvalue weighted by Crippen LogP contribution is 2.39. The molecule has 0 aliphatic carbocycles. The minimum Gasteiger partial charge on any atom is -0.453 e. The summed E-state index contributed by atoms with van der Waals surface area (Å²) in [5.41, 5.74) is 0.381. The third-order valence-corrected chi connectivity index (χ3v) is 3.85. The van der Waals surface area contributed by atoms with Crippen LogP contribution in [0.5, 0.6) is 0 Å². The summed E-state index contributed by atoms with van der Waals surface area (Å²) in [7, 11) is 0. The average molecular weight is 324 g/mol. The first kappa shape index (κ1) is 16.4. The van der Waals surface area contributed by atoms with Crippen molar-refractivity contribution in [1.82, 2.24) is 0 Å². The molecular formula is C16H20O7. The molecule has 126 valence electrons. The van der Waals surface area contributed by atoms with E-state index in [2.05, 4.69) is 0 Å². The molecule has 2 fully saturated rings. The van der Waals surface area contributed by atoms with Gasteiger partial charge in [0.25, 0.3) is 0 Å². The Labute approximate surface area is 133 Å². The Morgan fingerprint density at radius 2 is 2.00 bits per heavy atom. The van der Waals surface area contributed by atoms with E-state index in [0.29, 0.717) is 5.56 Å². The Bertz CT molecular complexity index is 559. The fourth-order valence-corrected chi connectivity index (χ4v) is 2.82. The fraction of sp³-hybridized carbons (Fsp3) is 0.562. The Morgan fingerprint density at radius 3 is 2.65 bits per heavy atom. The van der Waals surface area contributed by atoms with Crippen molar-refractivity contribution < 1.29 is 34.0 Å². The molecule has 3 unspecified atom stereocenters. The number of aliphatic hydroxyl groups is 2. The van der Waals surface area contributed by atoms with Crippen LogP contribution in [0, 0.1) is 0 Å². The number of ether oxygens (including phenoxy) is 4. The van der Waals surface area contributed by atoms with Gasteiger partial charge >= 0.3 is 5.97 Å². The number of hydrogen-bond acceptors (Lipinski definition) is 7. The third-order valence-electron chi connectivity index (χ3n) is 3.85. The van der Waals surface area contributed by atoms with Crippen LogP contribution in [0.25, 0.3) is 0 Å². The van der Waals surface area contributed by atoms with Crippen molar-refractivity contribution in [3.05, 3.63) is 35.9 Å². The van der Waals surface area contributed by atoms with Crippen molar-refractivity contribution in [2.45, 2.75) is 50.3 Å². The number of carbonyl (C=O) groups is 1. The van der Waals surface area contributed by atoms with E-state index in [1.807, 2.05) is 0 Å². The van der Waals surface area contributed by atoms with Crippen molar-refractivity contribution in [3.8, 4) is 0 Å². The van der Waals surface area contributed by atoms with Gasteiger partial charge < -0.3 is 29.2 Å². The predicted molar refractivity (Wildman–Crippen MR) is 77.4 cm³/mol. The Kier molecular flexibility index (Phi) is 4.39. The van der Waals surface area contributed by atoms with Crippen LogP contribution in [0.1, 0.15) is 24.2 Å². The molecule has 0 spiro atoms. The topological polar surface area (TPSA) is 94.5 Å². The summed E-state index contributed by atoms with van der Waals surface area (Å²) in [6, 6.07) is 8.50. The predicted octanol–water partition coefficient (Wildman–Crippen LogP) is 0.442. The van der Waals surface area contributed by atoms with Gasteiger partial charge in [-0.1, -0.05) is 18.2 Å². The summed E-state index contributed by atoms with van der Waals surface area (Å²) < 4.78 is 22.4. The minimum atomic E-state index is -1.20. The summed E-state index contributed by atoms with van der Waals surface area (Å²) in [4.78, 5) is 12.3. The van der Waals surface area contributed by atoms with Crippen molar-refractivity contribution in [3.63, 3.8) is 0 Å². The minimum absolute atomic E-state index is 0.381. The van der Waals surface area contributed by atoms with Crippen molar-refractivity contribution >= 4 is 5.97 Å². The summed E-state index contributed by atoms with van der Waals surface area (Å²) >= 11 is 0. The van der Waals surface area contributed by atoms with Gasteiger partial charge in [-0.25, -0.2) is 4.79 Å². The molecule has 0 bridgehead atoms. The molecule has 1 aromatic rings. The lowest BCUT2D eigenvalue weighted by Gasteiger charge is -2.27. The van der Waals surface area contributed by atoms with Gasteiger partial charge in [0.05, 0.1) is 12.2 Å². The van der Waals surface area contributed by atoms with Gasteiger partial charge in [-0.3, -0.25) is 0 Å². The first-order chi connectivity index (χ1) is 10.9. The van der Waals surface area contributed by atoms with Crippen molar-refractivity contribution in [2.75, 3.05) is 6.61 Å². The second-order valence-corrected chi connectivity index (χ2v) is 6.06. The molecule has 3 rings (SSSR count). The number of aliphatic hydroxyl groups excluding tert-OH is 2. The molecular weight excluding hydrogens is 304 g/mol. The maximum Gasteiger partial charge on any atom is 0.338 e. The third kappa shape index (κ3) is 3.24. The Morgan fingerprint density at radius 1 is 1.30 bits per heavy atom. The summed E-state index contributed by atoms with van der Waals surface area (Å²) in [6.07, 6.45) is -4.42. The van der Waals surface area contributed by atoms with Gasteiger partial charge in [0.1, 0.15) is 12.2 Å². The standard InChI is InChI=1S/C16H20O7/c1-16(2)22-13-12(11(10(18)8-17)21-15(13)23-16)20-14(19)9-6-4-3-5-7-9/h3-7,10-13,15,17-18H,8H2,1-2H3/t10?,11-,12-,13?,15?/m1/s1. The zero-order chi connectivity index (χ0) is 16.6. The van der Waals surface area contributed by atoms with E-state index in [1.165, 1.54) is 0 Å². The average Bonchev–Trinajstić information content (AvgIpc) is 3.00. The number of benzene rings is 1. The second kappa shape index (κ2) is 6.18. The molecule has 5 atom stereocenters. The summed E-state index contributed by atoms with van der Waals surface area (Å²) in [5, 5.41) is 19.1. The summed E-state index contributed by atoms with van der Waals surface area (Å²) in [6.45, 7) is 2.93. The van der Waals surface area contributed by atoms with Gasteiger partial charge in [0, 0.05) is 0 Å². The monoisotopic (exact) mass is 324 g/mol. The van der Waals surface area contributed by atoms with E-state index < -0.39 is 49.1 Å². The van der Waals surface area contributed by atoms with Crippen LogP contribution < -0.4 is 0 Å². The number of hydrogen-bond donors (Lipinski definition) is 2. The van der Waals surface area contributed by atoms with Crippen molar-refractivity contribution in [1.29, 1.82) is 0 Å². The molecule has 23 heavy (non-hydrogen) atoms.